The molecule has 0 aliphatic carbocycles. The molecule has 1 aromatic carbocycles. The van der Waals surface area contributed by atoms with E-state index in [0.717, 1.165) is 16.0 Å². The van der Waals surface area contributed by atoms with Crippen LogP contribution in [0.5, 0.6) is 0 Å². The van der Waals surface area contributed by atoms with Gasteiger partial charge in [-0.05, 0) is 44.9 Å². The third-order valence-electron chi connectivity index (χ3n) is 3.82. The molecule has 1 aliphatic heterocycles. The van der Waals surface area contributed by atoms with Gasteiger partial charge in [-0.3, -0.25) is 19.3 Å². The number of anilines is 1. The second kappa shape index (κ2) is 6.52. The number of hydrogen-bond acceptors (Lipinski definition) is 4. The molecule has 5 nitrogen and oxygen atoms in total. The van der Waals surface area contributed by atoms with Crippen molar-refractivity contribution in [3.63, 3.8) is 0 Å². The smallest absolute Gasteiger partial charge is 0.244 e. The third kappa shape index (κ3) is 3.32. The van der Waals surface area contributed by atoms with Crippen LogP contribution < -0.4 is 5.32 Å². The van der Waals surface area contributed by atoms with Crippen molar-refractivity contribution in [3.05, 3.63) is 29.3 Å². The molecule has 0 bridgehead atoms. The largest absolute Gasteiger partial charge is 0.324 e. The number of thioether (sulfide) groups is 1. The van der Waals surface area contributed by atoms with Crippen LogP contribution in [0.25, 0.3) is 0 Å². The monoisotopic (exact) mass is 320 g/mol. The fourth-order valence-corrected chi connectivity index (χ4v) is 3.45. The average Bonchev–Trinajstić information content (AvgIpc) is 2.46. The predicted molar refractivity (Wildman–Crippen MR) is 87.8 cm³/mol. The molecule has 0 aromatic heterocycles. The van der Waals surface area contributed by atoms with Crippen LogP contribution in [0.2, 0.25) is 0 Å². The molecule has 1 aliphatic rings. The third-order valence-corrected chi connectivity index (χ3v) is 5.04. The van der Waals surface area contributed by atoms with Gasteiger partial charge in [0.2, 0.25) is 17.7 Å². The van der Waals surface area contributed by atoms with Crippen molar-refractivity contribution >= 4 is 35.2 Å². The van der Waals surface area contributed by atoms with Crippen LogP contribution in [0.4, 0.5) is 5.69 Å². The second-order valence-corrected chi connectivity index (χ2v) is 7.17. The van der Waals surface area contributed by atoms with Crippen LogP contribution in [0, 0.1) is 13.8 Å². The topological polar surface area (TPSA) is 66.5 Å². The minimum atomic E-state index is -0.360. The Labute approximate surface area is 134 Å². The van der Waals surface area contributed by atoms with Crippen molar-refractivity contribution in [2.75, 3.05) is 11.9 Å². The molecule has 2 atom stereocenters. The summed E-state index contributed by atoms with van der Waals surface area (Å²) >= 11 is 1.32. The highest BCUT2D eigenvalue weighted by Crippen LogP contribution is 2.27. The summed E-state index contributed by atoms with van der Waals surface area (Å²) in [5.41, 5.74) is 2.75. The van der Waals surface area contributed by atoms with Crippen molar-refractivity contribution in [3.8, 4) is 0 Å². The molecule has 1 aromatic rings. The van der Waals surface area contributed by atoms with Crippen LogP contribution in [-0.4, -0.2) is 39.7 Å². The van der Waals surface area contributed by atoms with E-state index in [1.54, 1.807) is 19.9 Å². The van der Waals surface area contributed by atoms with E-state index in [0.29, 0.717) is 5.69 Å². The average molecular weight is 320 g/mol. The predicted octanol–water partition coefficient (Wildman–Crippen LogP) is 2.12. The van der Waals surface area contributed by atoms with Gasteiger partial charge in [0.15, 0.2) is 0 Å². The number of benzene rings is 1. The summed E-state index contributed by atoms with van der Waals surface area (Å²) in [6, 6.07) is 5.63. The Balaban J connectivity index is 2.09. The molecule has 1 heterocycles. The van der Waals surface area contributed by atoms with E-state index in [4.69, 9.17) is 0 Å². The normalized spacial score (nSPS) is 21.9. The van der Waals surface area contributed by atoms with E-state index >= 15 is 0 Å². The molecule has 3 amide bonds. The Hall–Kier alpha value is -1.82. The van der Waals surface area contributed by atoms with E-state index in [1.165, 1.54) is 11.8 Å². The number of amides is 3. The zero-order chi connectivity index (χ0) is 16.4. The van der Waals surface area contributed by atoms with Gasteiger partial charge in [0, 0.05) is 5.69 Å². The summed E-state index contributed by atoms with van der Waals surface area (Å²) in [7, 11) is 0. The van der Waals surface area contributed by atoms with E-state index < -0.39 is 0 Å². The van der Waals surface area contributed by atoms with Crippen molar-refractivity contribution < 1.29 is 14.4 Å². The van der Waals surface area contributed by atoms with Gasteiger partial charge in [-0.15, -0.1) is 11.8 Å². The number of imide groups is 1. The number of nitrogens with one attached hydrogen (secondary N) is 1. The van der Waals surface area contributed by atoms with Gasteiger partial charge in [0.25, 0.3) is 0 Å². The lowest BCUT2D eigenvalue weighted by Crippen LogP contribution is -2.52. The van der Waals surface area contributed by atoms with Crippen molar-refractivity contribution in [1.29, 1.82) is 0 Å². The van der Waals surface area contributed by atoms with Crippen LogP contribution in [0.1, 0.15) is 25.0 Å². The van der Waals surface area contributed by atoms with Gasteiger partial charge < -0.3 is 5.32 Å². The van der Waals surface area contributed by atoms with Crippen LogP contribution >= 0.6 is 11.8 Å². The number of hydrogen-bond donors (Lipinski definition) is 1. The fraction of sp³-hybridized carbons (Fsp3) is 0.438. The second-order valence-electron chi connectivity index (χ2n) is 5.48. The highest BCUT2D eigenvalue weighted by atomic mass is 32.2. The van der Waals surface area contributed by atoms with E-state index in [9.17, 15) is 14.4 Å². The Kier molecular flexibility index (Phi) is 4.90. The van der Waals surface area contributed by atoms with Crippen molar-refractivity contribution in [1.82, 2.24) is 4.90 Å². The summed E-state index contributed by atoms with van der Waals surface area (Å²) < 4.78 is 0. The Morgan fingerprint density at radius 3 is 2.36 bits per heavy atom. The van der Waals surface area contributed by atoms with E-state index in [2.05, 4.69) is 5.32 Å². The molecule has 1 fully saturated rings. The maximum absolute atomic E-state index is 12.2. The van der Waals surface area contributed by atoms with Gasteiger partial charge in [-0.1, -0.05) is 12.1 Å². The first-order valence-corrected chi connectivity index (χ1v) is 8.12. The van der Waals surface area contributed by atoms with Crippen LogP contribution in [0.15, 0.2) is 18.2 Å². The zero-order valence-electron chi connectivity index (χ0n) is 13.2. The van der Waals surface area contributed by atoms with Gasteiger partial charge in [0.05, 0.1) is 10.5 Å². The SMILES string of the molecule is Cc1cccc(NC(=O)CN2C(=O)[C@H](C)S[C@H](C)C2=O)c1C. The molecule has 0 unspecified atom stereocenters. The summed E-state index contributed by atoms with van der Waals surface area (Å²) in [6.07, 6.45) is 0. The van der Waals surface area contributed by atoms with Crippen LogP contribution in [-0.2, 0) is 14.4 Å². The maximum atomic E-state index is 12.2. The molecule has 1 N–H and O–H groups in total. The molecule has 0 radical (unpaired) electrons. The first-order chi connectivity index (χ1) is 10.3. The fourth-order valence-electron chi connectivity index (χ4n) is 2.35. The van der Waals surface area contributed by atoms with E-state index in [1.807, 2.05) is 26.0 Å². The Morgan fingerprint density at radius 1 is 1.18 bits per heavy atom. The number of rotatable bonds is 3. The Morgan fingerprint density at radius 2 is 1.77 bits per heavy atom. The number of aryl methyl sites for hydroxylation is 1. The first kappa shape index (κ1) is 16.5. The summed E-state index contributed by atoms with van der Waals surface area (Å²) in [5, 5.41) is 2.17. The summed E-state index contributed by atoms with van der Waals surface area (Å²) in [5.74, 6) is -0.963. The van der Waals surface area contributed by atoms with Gasteiger partial charge in [0.1, 0.15) is 6.54 Å². The lowest BCUT2D eigenvalue weighted by atomic mass is 10.1. The molecular weight excluding hydrogens is 300 g/mol. The van der Waals surface area contributed by atoms with Crippen molar-refractivity contribution in [2.45, 2.75) is 38.2 Å². The maximum Gasteiger partial charge on any atom is 0.244 e. The number of carbonyl (C=O) groups is 3. The van der Waals surface area contributed by atoms with Gasteiger partial charge in [-0.25, -0.2) is 0 Å². The summed E-state index contributed by atoms with van der Waals surface area (Å²) in [6.45, 7) is 7.16. The number of nitrogens with zero attached hydrogens (tertiary/aromatic N) is 1. The molecule has 6 heteroatoms. The minimum Gasteiger partial charge on any atom is -0.324 e. The van der Waals surface area contributed by atoms with Crippen molar-refractivity contribution in [2.24, 2.45) is 0 Å². The van der Waals surface area contributed by atoms with Gasteiger partial charge >= 0.3 is 0 Å². The quantitative estimate of drug-likeness (QED) is 0.866. The molecule has 2 rings (SSSR count). The Bertz CT molecular complexity index is 610. The van der Waals surface area contributed by atoms with Crippen LogP contribution in [0.3, 0.4) is 0 Å². The number of carbonyl (C=O) groups excluding carboxylic acids is 3. The zero-order valence-corrected chi connectivity index (χ0v) is 14.0. The lowest BCUT2D eigenvalue weighted by Gasteiger charge is -2.31. The van der Waals surface area contributed by atoms with E-state index in [-0.39, 0.29) is 34.8 Å². The first-order valence-electron chi connectivity index (χ1n) is 7.18. The molecular formula is C16H20N2O3S. The minimum absolute atomic E-state index is 0.236. The molecule has 0 saturated carbocycles. The standard InChI is InChI=1S/C16H20N2O3S/c1-9-6-5-7-13(10(9)2)17-14(19)8-18-15(20)11(3)22-12(4)16(18)21/h5-7,11-12H,8H2,1-4H3,(H,17,19)/t11-,12+. The highest BCUT2D eigenvalue weighted by Gasteiger charge is 2.38. The molecule has 0 spiro atoms. The molecule has 1 saturated heterocycles. The lowest BCUT2D eigenvalue weighted by molar-refractivity contribution is -0.147. The summed E-state index contributed by atoms with van der Waals surface area (Å²) in [4.78, 5) is 37.4. The molecule has 22 heavy (non-hydrogen) atoms. The highest BCUT2D eigenvalue weighted by molar-refractivity contribution is 8.02. The molecule has 118 valence electrons. The van der Waals surface area contributed by atoms with Gasteiger partial charge in [-0.2, -0.15) is 0 Å².